The van der Waals surface area contributed by atoms with E-state index in [9.17, 15) is 8.42 Å². The zero-order valence-corrected chi connectivity index (χ0v) is 12.9. The van der Waals surface area contributed by atoms with Crippen LogP contribution in [0.3, 0.4) is 0 Å². The highest BCUT2D eigenvalue weighted by molar-refractivity contribution is 7.90. The zero-order valence-electron chi connectivity index (χ0n) is 10.5. The highest BCUT2D eigenvalue weighted by Gasteiger charge is 2.09. The average Bonchev–Trinajstić information content (AvgIpc) is 2.72. The summed E-state index contributed by atoms with van der Waals surface area (Å²) in [5, 5.41) is 3.24. The van der Waals surface area contributed by atoms with E-state index in [2.05, 4.69) is 10.3 Å². The standard InChI is InChI=1S/C12H13ClN2O2S2/c1-8-5-10(19(2,16)17)3-4-11(8)14-6-9-7-15-12(13)18-9/h3-5,7,14H,6H2,1-2H3. The van der Waals surface area contributed by atoms with Gasteiger partial charge in [0.25, 0.3) is 0 Å². The van der Waals surface area contributed by atoms with Crippen LogP contribution in [0.4, 0.5) is 5.69 Å². The van der Waals surface area contributed by atoms with E-state index < -0.39 is 9.84 Å². The Morgan fingerprint density at radius 2 is 2.16 bits per heavy atom. The first-order valence-electron chi connectivity index (χ1n) is 5.51. The van der Waals surface area contributed by atoms with Gasteiger partial charge in [-0.3, -0.25) is 0 Å². The molecule has 2 rings (SSSR count). The van der Waals surface area contributed by atoms with Gasteiger partial charge in [0.1, 0.15) is 0 Å². The van der Waals surface area contributed by atoms with Crippen LogP contribution < -0.4 is 5.32 Å². The molecule has 2 aromatic rings. The summed E-state index contributed by atoms with van der Waals surface area (Å²) >= 11 is 7.17. The number of hydrogen-bond donors (Lipinski definition) is 1. The molecule has 0 atom stereocenters. The van der Waals surface area contributed by atoms with Crippen LogP contribution in [0.15, 0.2) is 29.3 Å². The van der Waals surface area contributed by atoms with Gasteiger partial charge in [0.05, 0.1) is 11.4 Å². The van der Waals surface area contributed by atoms with Gasteiger partial charge in [0.15, 0.2) is 14.3 Å². The van der Waals surface area contributed by atoms with Gasteiger partial charge >= 0.3 is 0 Å². The van der Waals surface area contributed by atoms with Crippen molar-refractivity contribution < 1.29 is 8.42 Å². The molecule has 1 heterocycles. The SMILES string of the molecule is Cc1cc(S(C)(=O)=O)ccc1NCc1cnc(Cl)s1. The van der Waals surface area contributed by atoms with Gasteiger partial charge in [-0.25, -0.2) is 13.4 Å². The Hall–Kier alpha value is -1.11. The molecule has 0 aliphatic rings. The molecule has 0 spiro atoms. The molecule has 4 nitrogen and oxygen atoms in total. The number of aryl methyl sites for hydroxylation is 1. The topological polar surface area (TPSA) is 59.1 Å². The second kappa shape index (κ2) is 5.48. The lowest BCUT2D eigenvalue weighted by molar-refractivity contribution is 0.602. The molecule has 0 aliphatic heterocycles. The molecular weight excluding hydrogens is 304 g/mol. The molecule has 1 aromatic heterocycles. The number of nitrogens with zero attached hydrogens (tertiary/aromatic N) is 1. The maximum atomic E-state index is 11.4. The minimum atomic E-state index is -3.16. The van der Waals surface area contributed by atoms with E-state index in [0.29, 0.717) is 15.9 Å². The molecule has 1 N–H and O–H groups in total. The molecule has 0 saturated carbocycles. The number of nitrogens with one attached hydrogen (secondary N) is 1. The Bertz CT molecular complexity index is 696. The third kappa shape index (κ3) is 3.68. The van der Waals surface area contributed by atoms with Crippen molar-refractivity contribution in [3.63, 3.8) is 0 Å². The average molecular weight is 317 g/mol. The van der Waals surface area contributed by atoms with E-state index in [4.69, 9.17) is 11.6 Å². The summed E-state index contributed by atoms with van der Waals surface area (Å²) in [6.07, 6.45) is 2.92. The smallest absolute Gasteiger partial charge is 0.183 e. The molecule has 0 bridgehead atoms. The van der Waals surface area contributed by atoms with Gasteiger partial charge in [-0.1, -0.05) is 11.6 Å². The number of rotatable bonds is 4. The van der Waals surface area contributed by atoms with Gasteiger partial charge in [-0.15, -0.1) is 11.3 Å². The summed E-state index contributed by atoms with van der Waals surface area (Å²) in [5.41, 5.74) is 1.79. The maximum absolute atomic E-state index is 11.4. The Kier molecular flexibility index (Phi) is 4.13. The lowest BCUT2D eigenvalue weighted by Crippen LogP contribution is -2.02. The van der Waals surface area contributed by atoms with Crippen molar-refractivity contribution in [1.29, 1.82) is 0 Å². The van der Waals surface area contributed by atoms with Gasteiger partial charge in [-0.05, 0) is 30.7 Å². The van der Waals surface area contributed by atoms with E-state index in [1.54, 1.807) is 24.4 Å². The monoisotopic (exact) mass is 316 g/mol. The van der Waals surface area contributed by atoms with Crippen LogP contribution in [0.1, 0.15) is 10.4 Å². The van der Waals surface area contributed by atoms with Crippen LogP contribution in [0.25, 0.3) is 0 Å². The van der Waals surface area contributed by atoms with Crippen LogP contribution in [-0.4, -0.2) is 19.7 Å². The number of halogens is 1. The summed E-state index contributed by atoms with van der Waals surface area (Å²) < 4.78 is 23.4. The van der Waals surface area contributed by atoms with E-state index in [-0.39, 0.29) is 0 Å². The number of benzene rings is 1. The summed E-state index contributed by atoms with van der Waals surface area (Å²) in [6.45, 7) is 2.49. The van der Waals surface area contributed by atoms with Crippen molar-refractivity contribution in [3.05, 3.63) is 39.3 Å². The molecule has 7 heteroatoms. The molecule has 19 heavy (non-hydrogen) atoms. The summed E-state index contributed by atoms with van der Waals surface area (Å²) in [7, 11) is -3.16. The van der Waals surface area contributed by atoms with Gasteiger partial charge < -0.3 is 5.32 Å². The van der Waals surface area contributed by atoms with Crippen LogP contribution >= 0.6 is 22.9 Å². The van der Waals surface area contributed by atoms with Crippen LogP contribution in [0.5, 0.6) is 0 Å². The number of sulfone groups is 1. The summed E-state index contributed by atoms with van der Waals surface area (Å²) in [6, 6.07) is 5.04. The molecule has 0 aliphatic carbocycles. The Labute approximate surface area is 121 Å². The van der Waals surface area contributed by atoms with Crippen LogP contribution in [-0.2, 0) is 16.4 Å². The molecule has 0 fully saturated rings. The van der Waals surface area contributed by atoms with Crippen molar-refractivity contribution in [1.82, 2.24) is 4.98 Å². The van der Waals surface area contributed by atoms with Crippen LogP contribution in [0, 0.1) is 6.92 Å². The van der Waals surface area contributed by atoms with E-state index >= 15 is 0 Å². The summed E-state index contributed by atoms with van der Waals surface area (Å²) in [4.78, 5) is 5.32. The molecule has 0 radical (unpaired) electrons. The van der Waals surface area contributed by atoms with Crippen molar-refractivity contribution in [3.8, 4) is 0 Å². The minimum absolute atomic E-state index is 0.330. The van der Waals surface area contributed by atoms with Gasteiger partial charge in [-0.2, -0.15) is 0 Å². The van der Waals surface area contributed by atoms with E-state index in [1.807, 2.05) is 6.92 Å². The van der Waals surface area contributed by atoms with Crippen LogP contribution in [0.2, 0.25) is 4.47 Å². The number of hydrogen-bond acceptors (Lipinski definition) is 5. The Balaban J connectivity index is 2.14. The molecule has 0 saturated heterocycles. The van der Waals surface area contributed by atoms with E-state index in [1.165, 1.54) is 17.6 Å². The molecule has 0 amide bonds. The molecular formula is C12H13ClN2O2S2. The van der Waals surface area contributed by atoms with Crippen molar-refractivity contribution >= 4 is 38.5 Å². The fourth-order valence-electron chi connectivity index (χ4n) is 1.61. The molecule has 102 valence electrons. The minimum Gasteiger partial charge on any atom is -0.380 e. The Morgan fingerprint density at radius 3 is 2.68 bits per heavy atom. The van der Waals surface area contributed by atoms with Gasteiger partial charge in [0, 0.05) is 23.0 Å². The van der Waals surface area contributed by atoms with Gasteiger partial charge in [0.2, 0.25) is 0 Å². The highest BCUT2D eigenvalue weighted by Crippen LogP contribution is 2.22. The second-order valence-electron chi connectivity index (χ2n) is 4.18. The lowest BCUT2D eigenvalue weighted by atomic mass is 10.2. The van der Waals surface area contributed by atoms with Crippen molar-refractivity contribution in [2.24, 2.45) is 0 Å². The third-order valence-electron chi connectivity index (χ3n) is 2.60. The number of thiazole rings is 1. The maximum Gasteiger partial charge on any atom is 0.183 e. The first kappa shape index (κ1) is 14.3. The number of aromatic nitrogens is 1. The summed E-state index contributed by atoms with van der Waals surface area (Å²) in [5.74, 6) is 0. The first-order chi connectivity index (χ1) is 8.86. The predicted octanol–water partition coefficient (Wildman–Crippen LogP) is 3.12. The van der Waals surface area contributed by atoms with Crippen molar-refractivity contribution in [2.45, 2.75) is 18.4 Å². The second-order valence-corrected chi connectivity index (χ2v) is 7.90. The Morgan fingerprint density at radius 1 is 1.42 bits per heavy atom. The lowest BCUT2D eigenvalue weighted by Gasteiger charge is -2.09. The fraction of sp³-hybridized carbons (Fsp3) is 0.250. The first-order valence-corrected chi connectivity index (χ1v) is 8.59. The van der Waals surface area contributed by atoms with Crippen molar-refractivity contribution in [2.75, 3.05) is 11.6 Å². The highest BCUT2D eigenvalue weighted by atomic mass is 35.5. The predicted molar refractivity (Wildman–Crippen MR) is 78.7 cm³/mol. The number of anilines is 1. The molecule has 1 aromatic carbocycles. The largest absolute Gasteiger partial charge is 0.380 e. The normalized spacial score (nSPS) is 11.5. The zero-order chi connectivity index (χ0) is 14.0. The van der Waals surface area contributed by atoms with E-state index in [0.717, 1.165) is 16.1 Å². The third-order valence-corrected chi connectivity index (χ3v) is 4.83. The molecule has 0 unspecified atom stereocenters. The quantitative estimate of drug-likeness (QED) is 0.941. The fourth-order valence-corrected chi connectivity index (χ4v) is 3.24.